The van der Waals surface area contributed by atoms with Gasteiger partial charge < -0.3 is 14.8 Å². The van der Waals surface area contributed by atoms with E-state index in [0.717, 1.165) is 5.56 Å². The number of benzene rings is 3. The third kappa shape index (κ3) is 5.46. The van der Waals surface area contributed by atoms with Gasteiger partial charge in [-0.3, -0.25) is 9.48 Å². The van der Waals surface area contributed by atoms with Gasteiger partial charge in [0.05, 0.1) is 30.7 Å². The standard InChI is InChI=1S/C27H25ClFN3O3/c1-17-26(18(2)32(31-17)15-21-22(28)10-7-11-23(21)29)30-27(33)20-9-6-8-19(14-20)16-35-25-13-5-4-12-24(25)34-3/h4-14H,15-16H2,1-3H3,(H,30,33). The molecular weight excluding hydrogens is 469 g/mol. The van der Waals surface area contributed by atoms with Crippen LogP contribution < -0.4 is 14.8 Å². The van der Waals surface area contributed by atoms with Gasteiger partial charge in [-0.2, -0.15) is 5.10 Å². The van der Waals surface area contributed by atoms with Crippen LogP contribution in [0.2, 0.25) is 5.02 Å². The lowest BCUT2D eigenvalue weighted by Crippen LogP contribution is -2.14. The van der Waals surface area contributed by atoms with E-state index in [9.17, 15) is 9.18 Å². The van der Waals surface area contributed by atoms with Crippen LogP contribution in [0.3, 0.4) is 0 Å². The van der Waals surface area contributed by atoms with E-state index < -0.39 is 5.82 Å². The van der Waals surface area contributed by atoms with Gasteiger partial charge in [-0.1, -0.05) is 41.9 Å². The molecular formula is C27H25ClFN3O3. The molecule has 0 aliphatic carbocycles. The highest BCUT2D eigenvalue weighted by Crippen LogP contribution is 2.27. The minimum Gasteiger partial charge on any atom is -0.493 e. The number of nitrogens with zero attached hydrogens (tertiary/aromatic N) is 2. The Morgan fingerprint density at radius 1 is 1.06 bits per heavy atom. The molecule has 180 valence electrons. The van der Waals surface area contributed by atoms with Gasteiger partial charge in [0.1, 0.15) is 12.4 Å². The number of amides is 1. The summed E-state index contributed by atoms with van der Waals surface area (Å²) >= 11 is 6.17. The molecule has 1 aromatic heterocycles. The molecule has 1 N–H and O–H groups in total. The number of hydrogen-bond acceptors (Lipinski definition) is 4. The number of anilines is 1. The Bertz CT molecular complexity index is 1350. The third-order valence-corrected chi connectivity index (χ3v) is 6.00. The van der Waals surface area contributed by atoms with Crippen LogP contribution in [0, 0.1) is 19.7 Å². The Labute approximate surface area is 208 Å². The SMILES string of the molecule is COc1ccccc1OCc1cccc(C(=O)Nc2c(C)nn(Cc3c(F)cccc3Cl)c2C)c1. The van der Waals surface area contributed by atoms with Crippen LogP contribution in [-0.4, -0.2) is 22.8 Å². The van der Waals surface area contributed by atoms with Crippen molar-refractivity contribution >= 4 is 23.2 Å². The molecule has 0 aliphatic heterocycles. The molecule has 1 heterocycles. The number of aromatic nitrogens is 2. The molecule has 8 heteroatoms. The molecule has 0 atom stereocenters. The zero-order valence-corrected chi connectivity index (χ0v) is 20.4. The Kier molecular flexibility index (Phi) is 7.36. The molecule has 0 radical (unpaired) electrons. The molecule has 4 rings (SSSR count). The molecule has 0 aliphatic rings. The summed E-state index contributed by atoms with van der Waals surface area (Å²) in [6.07, 6.45) is 0. The summed E-state index contributed by atoms with van der Waals surface area (Å²) in [5.74, 6) is 0.584. The van der Waals surface area contributed by atoms with Crippen LogP contribution in [0.4, 0.5) is 10.1 Å². The van der Waals surface area contributed by atoms with Crippen molar-refractivity contribution in [2.24, 2.45) is 0 Å². The number of rotatable bonds is 8. The average Bonchev–Trinajstić information content (AvgIpc) is 3.12. The van der Waals surface area contributed by atoms with Crippen molar-refractivity contribution in [1.82, 2.24) is 9.78 Å². The van der Waals surface area contributed by atoms with E-state index in [0.29, 0.717) is 44.7 Å². The number of halogens is 2. The molecule has 0 saturated carbocycles. The molecule has 0 unspecified atom stereocenters. The van der Waals surface area contributed by atoms with Crippen LogP contribution in [-0.2, 0) is 13.2 Å². The van der Waals surface area contributed by atoms with E-state index in [1.807, 2.05) is 37.3 Å². The predicted molar refractivity (Wildman–Crippen MR) is 134 cm³/mol. The maximum Gasteiger partial charge on any atom is 0.255 e. The second-order valence-corrected chi connectivity index (χ2v) is 8.40. The lowest BCUT2D eigenvalue weighted by atomic mass is 10.1. The Morgan fingerprint density at radius 2 is 1.80 bits per heavy atom. The number of carbonyl (C=O) groups excluding carboxylic acids is 1. The zero-order chi connectivity index (χ0) is 24.9. The van der Waals surface area contributed by atoms with Crippen molar-refractivity contribution in [2.45, 2.75) is 27.0 Å². The van der Waals surface area contributed by atoms with E-state index >= 15 is 0 Å². The number of nitrogens with one attached hydrogen (secondary N) is 1. The van der Waals surface area contributed by atoms with Crippen LogP contribution in [0.15, 0.2) is 66.7 Å². The number of para-hydroxylation sites is 2. The number of ether oxygens (including phenoxy) is 2. The molecule has 3 aromatic carbocycles. The zero-order valence-electron chi connectivity index (χ0n) is 19.6. The van der Waals surface area contributed by atoms with Gasteiger partial charge >= 0.3 is 0 Å². The number of methoxy groups -OCH3 is 1. The Balaban J connectivity index is 1.48. The van der Waals surface area contributed by atoms with E-state index in [2.05, 4.69) is 10.4 Å². The molecule has 4 aromatic rings. The first-order valence-corrected chi connectivity index (χ1v) is 11.4. The number of aryl methyl sites for hydroxylation is 1. The van der Waals surface area contributed by atoms with E-state index in [1.54, 1.807) is 49.0 Å². The summed E-state index contributed by atoms with van der Waals surface area (Å²) in [7, 11) is 1.59. The maximum atomic E-state index is 14.2. The van der Waals surface area contributed by atoms with Crippen molar-refractivity contribution in [3.63, 3.8) is 0 Å². The van der Waals surface area contributed by atoms with Gasteiger partial charge in [-0.15, -0.1) is 0 Å². The molecule has 0 fully saturated rings. The quantitative estimate of drug-likeness (QED) is 0.318. The van der Waals surface area contributed by atoms with Crippen LogP contribution in [0.1, 0.15) is 32.9 Å². The highest BCUT2D eigenvalue weighted by molar-refractivity contribution is 6.31. The first-order chi connectivity index (χ1) is 16.9. The topological polar surface area (TPSA) is 65.4 Å². The average molecular weight is 494 g/mol. The van der Waals surface area contributed by atoms with Crippen molar-refractivity contribution in [2.75, 3.05) is 12.4 Å². The van der Waals surface area contributed by atoms with Crippen molar-refractivity contribution in [3.05, 3.63) is 106 Å². The maximum absolute atomic E-state index is 14.2. The van der Waals surface area contributed by atoms with E-state index in [4.69, 9.17) is 21.1 Å². The third-order valence-electron chi connectivity index (χ3n) is 5.64. The van der Waals surface area contributed by atoms with Gasteiger partial charge in [-0.05, 0) is 55.8 Å². The normalized spacial score (nSPS) is 10.8. The van der Waals surface area contributed by atoms with Crippen molar-refractivity contribution < 1.29 is 18.7 Å². The number of hydrogen-bond donors (Lipinski definition) is 1. The van der Waals surface area contributed by atoms with Crippen LogP contribution in [0.25, 0.3) is 0 Å². The molecule has 0 bridgehead atoms. The van der Waals surface area contributed by atoms with E-state index in [-0.39, 0.29) is 19.1 Å². The summed E-state index contributed by atoms with van der Waals surface area (Å²) in [5.41, 5.74) is 3.57. The molecule has 1 amide bonds. The lowest BCUT2D eigenvalue weighted by Gasteiger charge is -2.11. The highest BCUT2D eigenvalue weighted by Gasteiger charge is 2.18. The molecule has 0 spiro atoms. The fraction of sp³-hybridized carbons (Fsp3) is 0.185. The fourth-order valence-corrected chi connectivity index (χ4v) is 3.97. The lowest BCUT2D eigenvalue weighted by molar-refractivity contribution is 0.102. The summed E-state index contributed by atoms with van der Waals surface area (Å²) in [6.45, 7) is 4.05. The monoisotopic (exact) mass is 493 g/mol. The smallest absolute Gasteiger partial charge is 0.255 e. The van der Waals surface area contributed by atoms with Gasteiger partial charge in [0, 0.05) is 16.1 Å². The second kappa shape index (κ2) is 10.6. The largest absolute Gasteiger partial charge is 0.493 e. The van der Waals surface area contributed by atoms with Gasteiger partial charge in [0.2, 0.25) is 0 Å². The van der Waals surface area contributed by atoms with Gasteiger partial charge in [0.15, 0.2) is 11.5 Å². The molecule has 6 nitrogen and oxygen atoms in total. The first kappa shape index (κ1) is 24.3. The first-order valence-electron chi connectivity index (χ1n) is 11.0. The van der Waals surface area contributed by atoms with Crippen molar-refractivity contribution in [3.8, 4) is 11.5 Å². The Morgan fingerprint density at radius 3 is 2.54 bits per heavy atom. The van der Waals surface area contributed by atoms with Gasteiger partial charge in [-0.25, -0.2) is 4.39 Å². The summed E-state index contributed by atoms with van der Waals surface area (Å²) in [6, 6.07) is 19.1. The van der Waals surface area contributed by atoms with Gasteiger partial charge in [0.25, 0.3) is 5.91 Å². The predicted octanol–water partition coefficient (Wildman–Crippen LogP) is 6.18. The van der Waals surface area contributed by atoms with Crippen LogP contribution >= 0.6 is 11.6 Å². The van der Waals surface area contributed by atoms with Crippen LogP contribution in [0.5, 0.6) is 11.5 Å². The Hall–Kier alpha value is -3.84. The minimum absolute atomic E-state index is 0.157. The fourth-order valence-electron chi connectivity index (χ4n) is 3.75. The summed E-state index contributed by atoms with van der Waals surface area (Å²) < 4.78 is 27.1. The number of carbonyl (C=O) groups is 1. The highest BCUT2D eigenvalue weighted by atomic mass is 35.5. The minimum atomic E-state index is -0.400. The van der Waals surface area contributed by atoms with E-state index in [1.165, 1.54) is 6.07 Å². The van der Waals surface area contributed by atoms with Crippen molar-refractivity contribution in [1.29, 1.82) is 0 Å². The molecule has 35 heavy (non-hydrogen) atoms. The second-order valence-electron chi connectivity index (χ2n) is 8.00. The molecule has 0 saturated heterocycles. The summed E-state index contributed by atoms with van der Waals surface area (Å²) in [5, 5.41) is 7.74. The summed E-state index contributed by atoms with van der Waals surface area (Å²) in [4.78, 5) is 13.0.